The predicted octanol–water partition coefficient (Wildman–Crippen LogP) is 4.30. The molecule has 1 fully saturated rings. The highest BCUT2D eigenvalue weighted by Crippen LogP contribution is 2.37. The van der Waals surface area contributed by atoms with E-state index in [9.17, 15) is 14.0 Å². The normalized spacial score (nSPS) is 18.7. The predicted molar refractivity (Wildman–Crippen MR) is 112 cm³/mol. The molecule has 2 aromatic carbocycles. The lowest BCUT2D eigenvalue weighted by Crippen LogP contribution is -2.46. The molecule has 1 amide bonds. The Morgan fingerprint density at radius 3 is 2.50 bits per heavy atom. The summed E-state index contributed by atoms with van der Waals surface area (Å²) in [6.07, 6.45) is 0.790. The fourth-order valence-corrected chi connectivity index (χ4v) is 3.73. The number of halogens is 1. The molecule has 0 bridgehead atoms. The van der Waals surface area contributed by atoms with E-state index >= 15 is 0 Å². The average Bonchev–Trinajstić information content (AvgIpc) is 2.63. The number of hydrogen-bond donors (Lipinski definition) is 1. The lowest BCUT2D eigenvalue weighted by molar-refractivity contribution is 0.0469. The minimum atomic E-state index is -0.584. The molecule has 0 saturated heterocycles. The molecule has 156 valence electrons. The highest BCUT2D eigenvalue weighted by Gasteiger charge is 2.36. The summed E-state index contributed by atoms with van der Waals surface area (Å²) in [5, 5.41) is 2.84. The van der Waals surface area contributed by atoms with Gasteiger partial charge in [-0.3, -0.25) is 9.36 Å². The van der Waals surface area contributed by atoms with Crippen LogP contribution >= 0.6 is 0 Å². The van der Waals surface area contributed by atoms with Crippen LogP contribution in [0.3, 0.4) is 0 Å². The van der Waals surface area contributed by atoms with Crippen molar-refractivity contribution in [1.82, 2.24) is 14.9 Å². The van der Waals surface area contributed by atoms with Crippen LogP contribution in [0.4, 0.5) is 9.18 Å². The van der Waals surface area contributed by atoms with Crippen molar-refractivity contribution in [3.05, 3.63) is 70.5 Å². The standard InChI is InChI=1S/C23H24FN3O3/c1-23(2,3)30-22(29)25-15-12-14(13-15)20-26-18-11-7-10-17(24)19(18)21(28)27(20)16-8-5-4-6-9-16/h4-11,14-15H,12-13H2,1-3H3,(H,25,29). The zero-order chi connectivity index (χ0) is 21.5. The molecule has 0 spiro atoms. The van der Waals surface area contributed by atoms with Gasteiger partial charge < -0.3 is 10.1 Å². The van der Waals surface area contributed by atoms with Crippen LogP contribution in [-0.4, -0.2) is 27.3 Å². The van der Waals surface area contributed by atoms with Crippen molar-refractivity contribution in [3.8, 4) is 5.69 Å². The molecule has 6 nitrogen and oxygen atoms in total. The van der Waals surface area contributed by atoms with E-state index in [1.807, 2.05) is 39.0 Å². The molecule has 0 aliphatic heterocycles. The Hall–Kier alpha value is -3.22. The second-order valence-electron chi connectivity index (χ2n) is 8.59. The van der Waals surface area contributed by atoms with E-state index in [4.69, 9.17) is 4.74 Å². The van der Waals surface area contributed by atoms with Crippen molar-refractivity contribution >= 4 is 17.0 Å². The third-order valence-corrected chi connectivity index (χ3v) is 5.11. The third-order valence-electron chi connectivity index (χ3n) is 5.11. The van der Waals surface area contributed by atoms with Crippen molar-refractivity contribution in [1.29, 1.82) is 0 Å². The van der Waals surface area contributed by atoms with Gasteiger partial charge in [0.25, 0.3) is 5.56 Å². The average molecular weight is 409 g/mol. The first-order chi connectivity index (χ1) is 14.2. The van der Waals surface area contributed by atoms with E-state index in [-0.39, 0.29) is 17.3 Å². The SMILES string of the molecule is CC(C)(C)OC(=O)NC1CC(c2nc3cccc(F)c3c(=O)n2-c2ccccc2)C1. The number of carbonyl (C=O) groups is 1. The Labute approximate surface area is 173 Å². The van der Waals surface area contributed by atoms with Gasteiger partial charge in [0, 0.05) is 12.0 Å². The Morgan fingerprint density at radius 1 is 1.13 bits per heavy atom. The summed E-state index contributed by atoms with van der Waals surface area (Å²) >= 11 is 0. The van der Waals surface area contributed by atoms with Crippen molar-refractivity contribution in [2.75, 3.05) is 0 Å². The number of nitrogens with zero attached hydrogens (tertiary/aromatic N) is 2. The van der Waals surface area contributed by atoms with Crippen molar-refractivity contribution in [3.63, 3.8) is 0 Å². The van der Waals surface area contributed by atoms with Crippen LogP contribution in [0.25, 0.3) is 16.6 Å². The number of rotatable bonds is 3. The second-order valence-corrected chi connectivity index (χ2v) is 8.59. The van der Waals surface area contributed by atoms with E-state index in [1.54, 1.807) is 24.3 Å². The number of carbonyl (C=O) groups excluding carboxylic acids is 1. The summed E-state index contributed by atoms with van der Waals surface area (Å²) < 4.78 is 21.2. The largest absolute Gasteiger partial charge is 0.444 e. The highest BCUT2D eigenvalue weighted by molar-refractivity contribution is 5.78. The molecule has 30 heavy (non-hydrogen) atoms. The number of fused-ring (bicyclic) bond motifs is 1. The maximum atomic E-state index is 14.4. The lowest BCUT2D eigenvalue weighted by Gasteiger charge is -2.36. The monoisotopic (exact) mass is 409 g/mol. The molecule has 1 N–H and O–H groups in total. The van der Waals surface area contributed by atoms with Crippen LogP contribution < -0.4 is 10.9 Å². The van der Waals surface area contributed by atoms with Gasteiger partial charge in [-0.2, -0.15) is 0 Å². The molecule has 3 aromatic rings. The molecule has 1 heterocycles. The first-order valence-corrected chi connectivity index (χ1v) is 9.99. The first-order valence-electron chi connectivity index (χ1n) is 9.99. The number of ether oxygens (including phenoxy) is 1. The summed E-state index contributed by atoms with van der Waals surface area (Å²) in [4.78, 5) is 29.9. The van der Waals surface area contributed by atoms with E-state index < -0.39 is 23.1 Å². The minimum absolute atomic E-state index is 0.0205. The van der Waals surface area contributed by atoms with Gasteiger partial charge in [0.1, 0.15) is 22.6 Å². The summed E-state index contributed by atoms with van der Waals surface area (Å²) in [5.41, 5.74) is -0.0161. The van der Waals surface area contributed by atoms with E-state index in [0.29, 0.717) is 29.9 Å². The third kappa shape index (κ3) is 3.92. The number of para-hydroxylation sites is 1. The quantitative estimate of drug-likeness (QED) is 0.700. The summed E-state index contributed by atoms with van der Waals surface area (Å²) in [6, 6.07) is 13.5. The lowest BCUT2D eigenvalue weighted by atomic mass is 9.79. The van der Waals surface area contributed by atoms with Crippen LogP contribution in [0.1, 0.15) is 45.4 Å². The van der Waals surface area contributed by atoms with Crippen LogP contribution in [-0.2, 0) is 4.74 Å². The maximum Gasteiger partial charge on any atom is 0.407 e. The molecule has 7 heteroatoms. The molecular weight excluding hydrogens is 385 g/mol. The second kappa shape index (κ2) is 7.55. The fraction of sp³-hybridized carbons (Fsp3) is 0.348. The number of alkyl carbamates (subject to hydrolysis) is 1. The Kier molecular flexibility index (Phi) is 5.05. The number of nitrogens with one attached hydrogen (secondary N) is 1. The molecule has 1 saturated carbocycles. The molecular formula is C23H24FN3O3. The van der Waals surface area contributed by atoms with Crippen molar-refractivity contribution in [2.24, 2.45) is 0 Å². The van der Waals surface area contributed by atoms with E-state index in [2.05, 4.69) is 10.3 Å². The van der Waals surface area contributed by atoms with Gasteiger partial charge in [0.15, 0.2) is 0 Å². The first kappa shape index (κ1) is 20.1. The fourth-order valence-electron chi connectivity index (χ4n) is 3.73. The van der Waals surface area contributed by atoms with Gasteiger partial charge in [-0.1, -0.05) is 24.3 Å². The molecule has 4 rings (SSSR count). The van der Waals surface area contributed by atoms with Gasteiger partial charge in [-0.25, -0.2) is 14.2 Å². The summed E-state index contributed by atoms with van der Waals surface area (Å²) in [5.74, 6) is -0.0450. The van der Waals surface area contributed by atoms with Crippen LogP contribution in [0.2, 0.25) is 0 Å². The highest BCUT2D eigenvalue weighted by atomic mass is 19.1. The zero-order valence-electron chi connectivity index (χ0n) is 17.2. The van der Waals surface area contributed by atoms with Gasteiger partial charge in [-0.15, -0.1) is 0 Å². The minimum Gasteiger partial charge on any atom is -0.444 e. The molecule has 1 aliphatic rings. The smallest absolute Gasteiger partial charge is 0.407 e. The molecule has 1 aliphatic carbocycles. The Balaban J connectivity index is 1.67. The zero-order valence-corrected chi connectivity index (χ0v) is 17.2. The van der Waals surface area contributed by atoms with E-state index in [0.717, 1.165) is 0 Å². The van der Waals surface area contributed by atoms with Crippen molar-refractivity contribution < 1.29 is 13.9 Å². The van der Waals surface area contributed by atoms with Gasteiger partial charge >= 0.3 is 6.09 Å². The molecule has 1 aromatic heterocycles. The number of amides is 1. The molecule has 0 unspecified atom stereocenters. The van der Waals surface area contributed by atoms with Gasteiger partial charge in [0.2, 0.25) is 0 Å². The Morgan fingerprint density at radius 2 is 1.83 bits per heavy atom. The van der Waals surface area contributed by atoms with Crippen LogP contribution in [0.15, 0.2) is 53.3 Å². The summed E-state index contributed by atoms with van der Waals surface area (Å²) in [7, 11) is 0. The van der Waals surface area contributed by atoms with Gasteiger partial charge in [-0.05, 0) is 57.9 Å². The molecule has 0 radical (unpaired) electrons. The Bertz CT molecular complexity index is 1150. The topological polar surface area (TPSA) is 73.2 Å². The van der Waals surface area contributed by atoms with Gasteiger partial charge in [0.05, 0.1) is 11.2 Å². The maximum absolute atomic E-state index is 14.4. The van der Waals surface area contributed by atoms with E-state index in [1.165, 1.54) is 10.6 Å². The van der Waals surface area contributed by atoms with Crippen LogP contribution in [0, 0.1) is 5.82 Å². The summed E-state index contributed by atoms with van der Waals surface area (Å²) in [6.45, 7) is 5.44. The molecule has 0 atom stereocenters. The number of aromatic nitrogens is 2. The van der Waals surface area contributed by atoms with Crippen LogP contribution in [0.5, 0.6) is 0 Å². The van der Waals surface area contributed by atoms with Crippen molar-refractivity contribution in [2.45, 2.75) is 51.2 Å². The number of hydrogen-bond acceptors (Lipinski definition) is 4. The number of benzene rings is 2.